The number of hydrogen-bond acceptors (Lipinski definition) is 16. The molecule has 0 unspecified atom stereocenters. The van der Waals surface area contributed by atoms with E-state index in [0.29, 0.717) is 144 Å². The van der Waals surface area contributed by atoms with E-state index in [2.05, 4.69) is 85.8 Å². The Bertz CT molecular complexity index is 3940. The molecule has 90 heavy (non-hydrogen) atoms. The van der Waals surface area contributed by atoms with Crippen molar-refractivity contribution in [3.8, 4) is 56.8 Å². The summed E-state index contributed by atoms with van der Waals surface area (Å²) in [5.74, 6) is 3.03. The van der Waals surface area contributed by atoms with Crippen molar-refractivity contribution in [3.63, 3.8) is 0 Å². The SMILES string of the molecule is Cc1ccc(OCCOCCOCC=CCOCCOCCOc2ccc(-c3ccc4ccc5ccc(-c6cc7ccc6OCCOCCOCC=CCOCCOCCOc6ccc(cc6)Cc6ccc8ccc9ccc-7nc9c8n6)nc5c4n3)cc2)cc1. The number of aromatic nitrogens is 4. The first kappa shape index (κ1) is 62.9. The molecule has 4 aromatic heterocycles. The summed E-state index contributed by atoms with van der Waals surface area (Å²) in [5.41, 5.74) is 11.5. The third-order valence-corrected chi connectivity index (χ3v) is 14.8. The lowest BCUT2D eigenvalue weighted by Gasteiger charge is -2.15. The van der Waals surface area contributed by atoms with E-state index in [1.54, 1.807) is 0 Å². The second-order valence-corrected chi connectivity index (χ2v) is 21.3. The highest BCUT2D eigenvalue weighted by Gasteiger charge is 2.16. The summed E-state index contributed by atoms with van der Waals surface area (Å²) in [5, 5.41) is 3.95. The van der Waals surface area contributed by atoms with Crippen LogP contribution in [0.1, 0.15) is 16.8 Å². The quantitative estimate of drug-likeness (QED) is 0.0402. The number of ether oxygens (including phenoxy) is 12. The molecule has 13 rings (SSSR count). The van der Waals surface area contributed by atoms with Crippen LogP contribution in [0.25, 0.3) is 77.4 Å². The van der Waals surface area contributed by atoms with E-state index in [0.717, 1.165) is 106 Å². The molecular formula is C74H76N4O12. The number of hydrogen-bond donors (Lipinski definition) is 0. The molecule has 0 fully saturated rings. The average Bonchev–Trinajstić information content (AvgIpc) is 0.894. The van der Waals surface area contributed by atoms with Crippen molar-refractivity contribution in [3.05, 3.63) is 205 Å². The maximum absolute atomic E-state index is 6.54. The van der Waals surface area contributed by atoms with Gasteiger partial charge >= 0.3 is 0 Å². The van der Waals surface area contributed by atoms with Gasteiger partial charge in [-0.05, 0) is 103 Å². The Kier molecular flexibility index (Phi) is 23.6. The fourth-order valence-electron chi connectivity index (χ4n) is 10.1. The molecule has 0 saturated heterocycles. The smallest absolute Gasteiger partial charge is 0.128 e. The Balaban J connectivity index is 0.725. The lowest BCUT2D eigenvalue weighted by atomic mass is 10.0. The molecular weight excluding hydrogens is 1140 g/mol. The van der Waals surface area contributed by atoms with Crippen LogP contribution < -0.4 is 18.9 Å². The zero-order valence-corrected chi connectivity index (χ0v) is 50.9. The molecule has 3 aliphatic heterocycles. The summed E-state index contributed by atoms with van der Waals surface area (Å²) in [6.07, 6.45) is 8.42. The van der Waals surface area contributed by atoms with Crippen LogP contribution in [0.15, 0.2) is 188 Å². The van der Waals surface area contributed by atoms with Gasteiger partial charge in [-0.2, -0.15) is 0 Å². The van der Waals surface area contributed by atoms with Crippen molar-refractivity contribution in [1.82, 2.24) is 19.9 Å². The number of aryl methyl sites for hydroxylation is 1. The van der Waals surface area contributed by atoms with Gasteiger partial charge in [-0.15, -0.1) is 0 Å². The van der Waals surface area contributed by atoms with Crippen LogP contribution in [-0.2, 0) is 44.3 Å². The highest BCUT2D eigenvalue weighted by molar-refractivity contribution is 6.05. The Morgan fingerprint density at radius 2 is 0.844 bits per heavy atom. The van der Waals surface area contributed by atoms with Gasteiger partial charge in [-0.1, -0.05) is 103 Å². The number of nitrogens with zero attached hydrogens (tertiary/aromatic N) is 4. The van der Waals surface area contributed by atoms with E-state index in [4.69, 9.17) is 76.8 Å². The van der Waals surface area contributed by atoms with E-state index < -0.39 is 0 Å². The molecule has 0 amide bonds. The minimum atomic E-state index is 0.315. The van der Waals surface area contributed by atoms with Crippen LogP contribution in [0, 0.1) is 6.92 Å². The summed E-state index contributed by atoms with van der Waals surface area (Å²) in [4.78, 5) is 21.2. The maximum Gasteiger partial charge on any atom is 0.128 e. The molecule has 7 heterocycles. The van der Waals surface area contributed by atoms with Crippen molar-refractivity contribution in [2.75, 3.05) is 132 Å². The first-order valence-electron chi connectivity index (χ1n) is 30.8. The lowest BCUT2D eigenvalue weighted by molar-refractivity contribution is 0.0424. The lowest BCUT2D eigenvalue weighted by Crippen LogP contribution is -2.11. The van der Waals surface area contributed by atoms with Gasteiger partial charge in [0, 0.05) is 50.4 Å². The Morgan fingerprint density at radius 3 is 1.44 bits per heavy atom. The second kappa shape index (κ2) is 33.8. The van der Waals surface area contributed by atoms with Gasteiger partial charge in [-0.3, -0.25) is 4.98 Å². The predicted octanol–water partition coefficient (Wildman–Crippen LogP) is 13.3. The van der Waals surface area contributed by atoms with Crippen LogP contribution in [0.5, 0.6) is 23.0 Å². The zero-order chi connectivity index (χ0) is 61.2. The van der Waals surface area contributed by atoms with Crippen LogP contribution in [0.3, 0.4) is 0 Å². The molecule has 0 radical (unpaired) electrons. The summed E-state index contributed by atoms with van der Waals surface area (Å²) in [6, 6.07) is 55.3. The summed E-state index contributed by atoms with van der Waals surface area (Å²) >= 11 is 0. The van der Waals surface area contributed by atoms with Crippen molar-refractivity contribution >= 4 is 43.6 Å². The highest BCUT2D eigenvalue weighted by Crippen LogP contribution is 2.37. The number of benzene rings is 6. The molecule has 0 N–H and O–H groups in total. The molecule has 0 atom stereocenters. The van der Waals surface area contributed by atoms with E-state index in [-0.39, 0.29) is 0 Å². The van der Waals surface area contributed by atoms with Crippen molar-refractivity contribution in [2.24, 2.45) is 0 Å². The monoisotopic (exact) mass is 1210 g/mol. The molecule has 0 aliphatic carbocycles. The first-order chi connectivity index (χ1) is 44.6. The average molecular weight is 1210 g/mol. The fraction of sp³-hybridized carbons (Fsp3) is 0.297. The van der Waals surface area contributed by atoms with E-state index in [1.165, 1.54) is 5.56 Å². The van der Waals surface area contributed by atoms with Gasteiger partial charge in [-0.25, -0.2) is 15.0 Å². The van der Waals surface area contributed by atoms with Crippen LogP contribution in [0.2, 0.25) is 0 Å². The molecule has 3 aliphatic rings. The van der Waals surface area contributed by atoms with Crippen molar-refractivity contribution in [1.29, 1.82) is 0 Å². The third kappa shape index (κ3) is 18.5. The molecule has 0 spiro atoms. The van der Waals surface area contributed by atoms with Gasteiger partial charge in [0.15, 0.2) is 0 Å². The van der Waals surface area contributed by atoms with Gasteiger partial charge < -0.3 is 56.8 Å². The maximum atomic E-state index is 6.54. The molecule has 10 aromatic rings. The topological polar surface area (TPSA) is 162 Å². The molecule has 16 heteroatoms. The fourth-order valence-corrected chi connectivity index (χ4v) is 10.1. The summed E-state index contributed by atoms with van der Waals surface area (Å²) in [6.45, 7) is 11.2. The van der Waals surface area contributed by atoms with Crippen LogP contribution in [-0.4, -0.2) is 152 Å². The summed E-state index contributed by atoms with van der Waals surface area (Å²) < 4.78 is 69.9. The largest absolute Gasteiger partial charge is 0.491 e. The third-order valence-electron chi connectivity index (χ3n) is 14.8. The van der Waals surface area contributed by atoms with Crippen molar-refractivity contribution < 1.29 is 56.8 Å². The number of pyridine rings is 4. The molecule has 6 aromatic carbocycles. The predicted molar refractivity (Wildman–Crippen MR) is 351 cm³/mol. The summed E-state index contributed by atoms with van der Waals surface area (Å²) in [7, 11) is 0. The standard InChI is InChI=1S/C74H76N4O12/c1-54-6-22-63(23-7-54)87-48-44-83-40-36-79-32-2-3-33-81-38-42-85-46-50-89-65-26-15-56(16-27-65)67-28-17-59-12-13-60-19-30-69(78-74(60)73(59)76-67)66-53-61-20-31-70(66)90-51-47-86-43-39-82-35-5-4-34-80-37-41-84-45-49-88-64-24-8-55(9-25-64)52-62-21-14-57-10-11-58-18-29-68(61)77-72(58)71(57)75-62/h2-31,53H,32-52H2,1H3. The second-order valence-electron chi connectivity index (χ2n) is 21.3. The first-order valence-corrected chi connectivity index (χ1v) is 30.8. The van der Waals surface area contributed by atoms with E-state index in [1.807, 2.05) is 109 Å². The highest BCUT2D eigenvalue weighted by atomic mass is 16.6. The molecule has 16 nitrogen and oxygen atoms in total. The molecule has 464 valence electrons. The van der Waals surface area contributed by atoms with Crippen molar-refractivity contribution in [2.45, 2.75) is 13.3 Å². The van der Waals surface area contributed by atoms with Gasteiger partial charge in [0.1, 0.15) is 49.4 Å². The molecule has 8 bridgehead atoms. The minimum absolute atomic E-state index is 0.315. The van der Waals surface area contributed by atoms with E-state index >= 15 is 0 Å². The van der Waals surface area contributed by atoms with Crippen LogP contribution >= 0.6 is 0 Å². The Hall–Kier alpha value is -8.68. The Morgan fingerprint density at radius 1 is 0.389 bits per heavy atom. The normalized spacial score (nSPS) is 14.1. The van der Waals surface area contributed by atoms with Gasteiger partial charge in [0.25, 0.3) is 0 Å². The van der Waals surface area contributed by atoms with Gasteiger partial charge in [0.05, 0.1) is 145 Å². The minimum Gasteiger partial charge on any atom is -0.491 e. The number of rotatable bonds is 20. The van der Waals surface area contributed by atoms with Crippen LogP contribution in [0.4, 0.5) is 0 Å². The number of fused-ring (bicyclic) bond motifs is 5. The van der Waals surface area contributed by atoms with Gasteiger partial charge in [0.2, 0.25) is 0 Å². The zero-order valence-electron chi connectivity index (χ0n) is 50.9. The Labute approximate surface area is 525 Å². The molecule has 0 saturated carbocycles. The van der Waals surface area contributed by atoms with E-state index in [9.17, 15) is 0 Å².